The topological polar surface area (TPSA) is 67.2 Å². The van der Waals surface area contributed by atoms with Crippen molar-refractivity contribution in [1.82, 2.24) is 19.8 Å². The summed E-state index contributed by atoms with van der Waals surface area (Å²) in [4.78, 5) is 31.3. The van der Waals surface area contributed by atoms with E-state index in [0.29, 0.717) is 36.5 Å². The molecule has 1 aromatic heterocycles. The van der Waals surface area contributed by atoms with E-state index < -0.39 is 5.82 Å². The first-order valence-electron chi connectivity index (χ1n) is 10.7. The van der Waals surface area contributed by atoms with Gasteiger partial charge in [0.2, 0.25) is 5.91 Å². The minimum atomic E-state index is -0.396. The van der Waals surface area contributed by atoms with Crippen molar-refractivity contribution in [3.63, 3.8) is 0 Å². The van der Waals surface area contributed by atoms with Gasteiger partial charge in [-0.05, 0) is 56.5 Å². The van der Waals surface area contributed by atoms with Gasteiger partial charge in [-0.3, -0.25) is 19.1 Å². The number of piperidine rings is 1. The van der Waals surface area contributed by atoms with Gasteiger partial charge in [0, 0.05) is 19.2 Å². The first-order chi connectivity index (χ1) is 15.0. The Morgan fingerprint density at radius 2 is 1.90 bits per heavy atom. The number of aromatic nitrogens is 2. The smallest absolute Gasteiger partial charge is 0.261 e. The Hall–Kier alpha value is -3.06. The largest absolute Gasteiger partial charge is 0.351 e. The van der Waals surface area contributed by atoms with Gasteiger partial charge < -0.3 is 5.32 Å². The van der Waals surface area contributed by atoms with E-state index in [4.69, 9.17) is 0 Å². The fourth-order valence-corrected chi connectivity index (χ4v) is 4.03. The molecule has 1 aliphatic rings. The molecular formula is C24H27FN4O2. The maximum atomic E-state index is 13.3. The van der Waals surface area contributed by atoms with Crippen LogP contribution in [0, 0.1) is 18.7 Å². The SMILES string of the molecule is Cc1ccc(CNC(=O)CN2CCC(Cn3cnc4cc(F)ccc4c3=O)CC2)cc1. The van der Waals surface area contributed by atoms with Gasteiger partial charge in [0.1, 0.15) is 5.82 Å². The van der Waals surface area contributed by atoms with E-state index in [9.17, 15) is 14.0 Å². The zero-order valence-corrected chi connectivity index (χ0v) is 17.7. The van der Waals surface area contributed by atoms with Crippen LogP contribution in [0.25, 0.3) is 10.9 Å². The number of nitrogens with zero attached hydrogens (tertiary/aromatic N) is 3. The van der Waals surface area contributed by atoms with E-state index >= 15 is 0 Å². The Morgan fingerprint density at radius 1 is 1.16 bits per heavy atom. The van der Waals surface area contributed by atoms with Crippen LogP contribution in [-0.4, -0.2) is 40.0 Å². The van der Waals surface area contributed by atoms with Crippen LogP contribution in [0.1, 0.15) is 24.0 Å². The maximum Gasteiger partial charge on any atom is 0.261 e. The quantitative estimate of drug-likeness (QED) is 0.663. The number of likely N-dealkylation sites (tertiary alicyclic amines) is 1. The Balaban J connectivity index is 1.26. The van der Waals surface area contributed by atoms with Crippen molar-refractivity contribution >= 4 is 16.8 Å². The summed E-state index contributed by atoms with van der Waals surface area (Å²) >= 11 is 0. The number of amides is 1. The highest BCUT2D eigenvalue weighted by Crippen LogP contribution is 2.19. The molecule has 3 aromatic rings. The van der Waals surface area contributed by atoms with E-state index in [1.165, 1.54) is 30.1 Å². The van der Waals surface area contributed by atoms with Crippen LogP contribution >= 0.6 is 0 Å². The van der Waals surface area contributed by atoms with Crippen LogP contribution < -0.4 is 10.9 Å². The predicted molar refractivity (Wildman–Crippen MR) is 118 cm³/mol. The third-order valence-electron chi connectivity index (χ3n) is 5.93. The Labute approximate surface area is 180 Å². The monoisotopic (exact) mass is 422 g/mol. The number of hydrogen-bond acceptors (Lipinski definition) is 4. The second kappa shape index (κ2) is 9.39. The fourth-order valence-electron chi connectivity index (χ4n) is 4.03. The molecule has 0 bridgehead atoms. The molecule has 0 saturated carbocycles. The van der Waals surface area contributed by atoms with Crippen LogP contribution in [0.15, 0.2) is 53.6 Å². The summed E-state index contributed by atoms with van der Waals surface area (Å²) in [7, 11) is 0. The average molecular weight is 423 g/mol. The molecule has 1 aliphatic heterocycles. The molecule has 2 aromatic carbocycles. The Kier molecular flexibility index (Phi) is 6.42. The molecule has 162 valence electrons. The number of hydrogen-bond donors (Lipinski definition) is 1. The van der Waals surface area contributed by atoms with Gasteiger partial charge in [-0.15, -0.1) is 0 Å². The van der Waals surface area contributed by atoms with Crippen molar-refractivity contribution in [2.24, 2.45) is 5.92 Å². The van der Waals surface area contributed by atoms with Crippen LogP contribution in [0.2, 0.25) is 0 Å². The third kappa shape index (κ3) is 5.35. The highest BCUT2D eigenvalue weighted by molar-refractivity contribution is 5.78. The number of carbonyl (C=O) groups excluding carboxylic acids is 1. The number of rotatable bonds is 6. The summed E-state index contributed by atoms with van der Waals surface area (Å²) in [6, 6.07) is 12.2. The van der Waals surface area contributed by atoms with Gasteiger partial charge >= 0.3 is 0 Å². The van der Waals surface area contributed by atoms with Gasteiger partial charge in [-0.2, -0.15) is 0 Å². The van der Waals surface area contributed by atoms with E-state index in [2.05, 4.69) is 15.2 Å². The Morgan fingerprint density at radius 3 is 2.65 bits per heavy atom. The molecular weight excluding hydrogens is 395 g/mol. The summed E-state index contributed by atoms with van der Waals surface area (Å²) in [6.45, 7) is 5.21. The first-order valence-corrected chi connectivity index (χ1v) is 10.7. The molecule has 31 heavy (non-hydrogen) atoms. The lowest BCUT2D eigenvalue weighted by Crippen LogP contribution is -2.42. The van der Waals surface area contributed by atoms with Crippen LogP contribution in [0.5, 0.6) is 0 Å². The van der Waals surface area contributed by atoms with E-state index in [1.807, 2.05) is 31.2 Å². The van der Waals surface area contributed by atoms with E-state index in [-0.39, 0.29) is 11.5 Å². The van der Waals surface area contributed by atoms with Crippen LogP contribution in [0.3, 0.4) is 0 Å². The summed E-state index contributed by atoms with van der Waals surface area (Å²) in [5.41, 5.74) is 2.54. The Bertz CT molecular complexity index is 1120. The first kappa shape index (κ1) is 21.2. The molecule has 0 aliphatic carbocycles. The maximum absolute atomic E-state index is 13.3. The number of benzene rings is 2. The van der Waals surface area contributed by atoms with Gasteiger partial charge in [0.05, 0.1) is 23.8 Å². The van der Waals surface area contributed by atoms with Crippen molar-refractivity contribution < 1.29 is 9.18 Å². The second-order valence-corrected chi connectivity index (χ2v) is 8.35. The number of fused-ring (bicyclic) bond motifs is 1. The molecule has 0 radical (unpaired) electrons. The number of halogens is 1. The standard InChI is InChI=1S/C24H27FN4O2/c1-17-2-4-18(5-3-17)13-26-23(30)15-28-10-8-19(9-11-28)14-29-16-27-22-12-20(25)6-7-21(22)24(29)31/h2-7,12,16,19H,8-11,13-15H2,1H3,(H,26,30). The van der Waals surface area contributed by atoms with Crippen molar-refractivity contribution in [3.8, 4) is 0 Å². The minimum Gasteiger partial charge on any atom is -0.351 e. The van der Waals surface area contributed by atoms with Crippen molar-refractivity contribution in [3.05, 3.63) is 76.1 Å². The summed E-state index contributed by atoms with van der Waals surface area (Å²) in [5.74, 6) is -0.0158. The van der Waals surface area contributed by atoms with Gasteiger partial charge in [0.25, 0.3) is 5.56 Å². The molecule has 2 heterocycles. The molecule has 0 unspecified atom stereocenters. The van der Waals surface area contributed by atoms with Gasteiger partial charge in [0.15, 0.2) is 0 Å². The normalized spacial score (nSPS) is 15.3. The molecule has 6 nitrogen and oxygen atoms in total. The van der Waals surface area contributed by atoms with Crippen molar-refractivity contribution in [2.45, 2.75) is 32.9 Å². The summed E-state index contributed by atoms with van der Waals surface area (Å²) < 4.78 is 15.0. The summed E-state index contributed by atoms with van der Waals surface area (Å²) in [6.07, 6.45) is 3.34. The third-order valence-corrected chi connectivity index (χ3v) is 5.93. The lowest BCUT2D eigenvalue weighted by Gasteiger charge is -2.31. The molecule has 0 spiro atoms. The molecule has 1 N–H and O–H groups in total. The highest BCUT2D eigenvalue weighted by Gasteiger charge is 2.21. The molecule has 0 atom stereocenters. The highest BCUT2D eigenvalue weighted by atomic mass is 19.1. The lowest BCUT2D eigenvalue weighted by molar-refractivity contribution is -0.122. The van der Waals surface area contributed by atoms with Gasteiger partial charge in [-0.25, -0.2) is 9.37 Å². The second-order valence-electron chi connectivity index (χ2n) is 8.35. The van der Waals surface area contributed by atoms with Gasteiger partial charge in [-0.1, -0.05) is 29.8 Å². The molecule has 1 saturated heterocycles. The zero-order valence-electron chi connectivity index (χ0n) is 17.7. The zero-order chi connectivity index (χ0) is 21.8. The molecule has 1 fully saturated rings. The van der Waals surface area contributed by atoms with Crippen molar-refractivity contribution in [1.29, 1.82) is 0 Å². The van der Waals surface area contributed by atoms with Crippen LogP contribution in [-0.2, 0) is 17.9 Å². The lowest BCUT2D eigenvalue weighted by atomic mass is 9.96. The number of aryl methyl sites for hydroxylation is 1. The van der Waals surface area contributed by atoms with E-state index in [1.54, 1.807) is 4.57 Å². The summed E-state index contributed by atoms with van der Waals surface area (Å²) in [5, 5.41) is 3.42. The number of nitrogens with one attached hydrogen (secondary N) is 1. The molecule has 7 heteroatoms. The fraction of sp³-hybridized carbons (Fsp3) is 0.375. The van der Waals surface area contributed by atoms with E-state index in [0.717, 1.165) is 31.5 Å². The average Bonchev–Trinajstić information content (AvgIpc) is 2.76. The predicted octanol–water partition coefficient (Wildman–Crippen LogP) is 2.87. The minimum absolute atomic E-state index is 0.0289. The number of carbonyl (C=O) groups is 1. The van der Waals surface area contributed by atoms with Crippen molar-refractivity contribution in [2.75, 3.05) is 19.6 Å². The molecule has 4 rings (SSSR count). The van der Waals surface area contributed by atoms with Crippen LogP contribution in [0.4, 0.5) is 4.39 Å². The molecule has 1 amide bonds.